The number of hydrogen-bond donors (Lipinski definition) is 0. The largest absolute Gasteiger partial charge is 0.491 e. The molecule has 0 spiro atoms. The quantitative estimate of drug-likeness (QED) is 0.611. The lowest BCUT2D eigenvalue weighted by atomic mass is 10.2. The summed E-state index contributed by atoms with van der Waals surface area (Å²) in [5, 5.41) is 13.8. The van der Waals surface area contributed by atoms with Gasteiger partial charge in [-0.25, -0.2) is 0 Å². The maximum atomic E-state index is 12.3. The first-order chi connectivity index (χ1) is 8.38. The summed E-state index contributed by atoms with van der Waals surface area (Å²) in [4.78, 5) is 13.0. The molecule has 6 nitrogen and oxygen atoms in total. The molecular formula is C9H5F3N4O2. The van der Waals surface area contributed by atoms with Crippen LogP contribution in [-0.4, -0.2) is 19.7 Å². The highest BCUT2D eigenvalue weighted by molar-refractivity contribution is 5.34. The van der Waals surface area contributed by atoms with Crippen molar-refractivity contribution in [3.05, 3.63) is 46.3 Å². The summed E-state index contributed by atoms with van der Waals surface area (Å²) in [6.07, 6.45) is -3.37. The van der Waals surface area contributed by atoms with Gasteiger partial charge in [-0.05, 0) is 29.2 Å². The van der Waals surface area contributed by atoms with E-state index in [0.29, 0.717) is 0 Å². The smallest absolute Gasteiger partial charge is 0.390 e. The van der Waals surface area contributed by atoms with Gasteiger partial charge in [0.05, 0.1) is 11.3 Å². The molecule has 0 aliphatic rings. The molecule has 0 saturated carbocycles. The van der Waals surface area contributed by atoms with Crippen molar-refractivity contribution in [2.24, 2.45) is 0 Å². The van der Waals surface area contributed by atoms with Crippen molar-refractivity contribution in [2.75, 3.05) is 0 Å². The van der Waals surface area contributed by atoms with E-state index in [2.05, 4.69) is 10.1 Å². The molecule has 0 radical (unpaired) electrons. The Labute approximate surface area is 97.8 Å². The Morgan fingerprint density at radius 3 is 2.28 bits per heavy atom. The van der Waals surface area contributed by atoms with Crippen molar-refractivity contribution in [3.8, 4) is 5.69 Å². The molecule has 94 valence electrons. The van der Waals surface area contributed by atoms with Gasteiger partial charge in [0.2, 0.25) is 6.33 Å². The third-order valence-corrected chi connectivity index (χ3v) is 2.10. The fraction of sp³-hybridized carbons (Fsp3) is 0.111. The zero-order valence-corrected chi connectivity index (χ0v) is 8.63. The van der Waals surface area contributed by atoms with Crippen LogP contribution in [0.4, 0.5) is 19.1 Å². The van der Waals surface area contributed by atoms with Crippen LogP contribution in [0, 0.1) is 10.1 Å². The molecule has 0 N–H and O–H groups in total. The van der Waals surface area contributed by atoms with Crippen LogP contribution in [0.15, 0.2) is 30.6 Å². The molecular weight excluding hydrogens is 253 g/mol. The summed E-state index contributed by atoms with van der Waals surface area (Å²) in [5.41, 5.74) is -0.551. The van der Waals surface area contributed by atoms with E-state index in [1.165, 1.54) is 0 Å². The Morgan fingerprint density at radius 2 is 1.83 bits per heavy atom. The second kappa shape index (κ2) is 4.09. The summed E-state index contributed by atoms with van der Waals surface area (Å²) in [5.74, 6) is -0.616. The Bertz CT molecular complexity index is 576. The highest BCUT2D eigenvalue weighted by atomic mass is 19.4. The third kappa shape index (κ3) is 2.29. The molecule has 0 amide bonds. The molecule has 2 rings (SSSR count). The highest BCUT2D eigenvalue weighted by Gasteiger charge is 2.30. The van der Waals surface area contributed by atoms with Gasteiger partial charge in [-0.3, -0.25) is 0 Å². The summed E-state index contributed by atoms with van der Waals surface area (Å²) in [6, 6.07) is 4.04. The number of halogens is 3. The molecule has 18 heavy (non-hydrogen) atoms. The summed E-state index contributed by atoms with van der Waals surface area (Å²) < 4.78 is 37.9. The molecule has 0 bridgehead atoms. The van der Waals surface area contributed by atoms with Crippen molar-refractivity contribution in [3.63, 3.8) is 0 Å². The lowest BCUT2D eigenvalue weighted by Gasteiger charge is -2.06. The van der Waals surface area contributed by atoms with E-state index in [-0.39, 0.29) is 5.69 Å². The van der Waals surface area contributed by atoms with Crippen LogP contribution in [-0.2, 0) is 6.18 Å². The van der Waals surface area contributed by atoms with Crippen LogP contribution < -0.4 is 0 Å². The number of nitro groups is 1. The topological polar surface area (TPSA) is 73.8 Å². The zero-order valence-electron chi connectivity index (χ0n) is 8.63. The van der Waals surface area contributed by atoms with Crippen LogP contribution >= 0.6 is 0 Å². The van der Waals surface area contributed by atoms with Gasteiger partial charge < -0.3 is 10.1 Å². The van der Waals surface area contributed by atoms with Gasteiger partial charge in [0, 0.05) is 5.10 Å². The van der Waals surface area contributed by atoms with Crippen LogP contribution in [0.3, 0.4) is 0 Å². The molecule has 0 aliphatic heterocycles. The van der Waals surface area contributed by atoms with E-state index in [0.717, 1.165) is 35.3 Å². The number of rotatable bonds is 2. The van der Waals surface area contributed by atoms with E-state index >= 15 is 0 Å². The molecule has 1 aromatic heterocycles. The first-order valence-electron chi connectivity index (χ1n) is 4.61. The fourth-order valence-corrected chi connectivity index (χ4v) is 1.27. The van der Waals surface area contributed by atoms with Gasteiger partial charge in [-0.2, -0.15) is 13.2 Å². The monoisotopic (exact) mass is 258 g/mol. The molecule has 0 fully saturated rings. The average Bonchev–Trinajstić information content (AvgIpc) is 2.77. The molecule has 0 unspecified atom stereocenters. The van der Waals surface area contributed by atoms with Crippen LogP contribution in [0.5, 0.6) is 0 Å². The maximum Gasteiger partial charge on any atom is 0.491 e. The third-order valence-electron chi connectivity index (χ3n) is 2.10. The standard InChI is InChI=1S/C9H5F3N4O2/c10-9(11,12)6-1-3-7(4-2-6)15-5-13-8(14-15)16(17)18/h1-5H. The van der Waals surface area contributed by atoms with Crippen LogP contribution in [0.25, 0.3) is 5.69 Å². The summed E-state index contributed by atoms with van der Waals surface area (Å²) in [6.45, 7) is 0. The number of aromatic nitrogens is 3. The highest BCUT2D eigenvalue weighted by Crippen LogP contribution is 2.29. The predicted molar refractivity (Wildman–Crippen MR) is 53.0 cm³/mol. The van der Waals surface area contributed by atoms with Crippen molar-refractivity contribution >= 4 is 5.95 Å². The number of alkyl halides is 3. The van der Waals surface area contributed by atoms with E-state index in [9.17, 15) is 23.3 Å². The van der Waals surface area contributed by atoms with Crippen LogP contribution in [0.2, 0.25) is 0 Å². The van der Waals surface area contributed by atoms with Gasteiger partial charge in [-0.15, -0.1) is 4.68 Å². The minimum Gasteiger partial charge on any atom is -0.390 e. The Balaban J connectivity index is 2.31. The van der Waals surface area contributed by atoms with Crippen LogP contribution in [0.1, 0.15) is 5.56 Å². The van der Waals surface area contributed by atoms with E-state index in [1.807, 2.05) is 0 Å². The van der Waals surface area contributed by atoms with Crippen molar-refractivity contribution in [1.82, 2.24) is 14.8 Å². The van der Waals surface area contributed by atoms with Gasteiger partial charge >= 0.3 is 12.1 Å². The average molecular weight is 258 g/mol. The zero-order chi connectivity index (χ0) is 13.3. The normalized spacial score (nSPS) is 11.5. The molecule has 9 heteroatoms. The SMILES string of the molecule is O=[N+]([O-])c1ncn(-c2ccc(C(F)(F)F)cc2)n1. The number of nitrogens with zero attached hydrogens (tertiary/aromatic N) is 4. The Kier molecular flexibility index (Phi) is 2.73. The van der Waals surface area contributed by atoms with E-state index in [4.69, 9.17) is 0 Å². The Morgan fingerprint density at radius 1 is 1.22 bits per heavy atom. The molecule has 1 aromatic carbocycles. The van der Waals surface area contributed by atoms with Crippen molar-refractivity contribution < 1.29 is 18.1 Å². The lowest BCUT2D eigenvalue weighted by Crippen LogP contribution is -2.05. The van der Waals surface area contributed by atoms with Crippen molar-refractivity contribution in [2.45, 2.75) is 6.18 Å². The summed E-state index contributed by atoms with van der Waals surface area (Å²) >= 11 is 0. The second-order valence-electron chi connectivity index (χ2n) is 3.29. The minimum atomic E-state index is -4.42. The fourth-order valence-electron chi connectivity index (χ4n) is 1.27. The molecule has 1 heterocycles. The first-order valence-corrected chi connectivity index (χ1v) is 4.61. The minimum absolute atomic E-state index is 0.253. The summed E-state index contributed by atoms with van der Waals surface area (Å²) in [7, 11) is 0. The first kappa shape index (κ1) is 12.0. The Hall–Kier alpha value is -2.45. The van der Waals surface area contributed by atoms with Gasteiger partial charge in [0.1, 0.15) is 0 Å². The van der Waals surface area contributed by atoms with E-state index < -0.39 is 22.6 Å². The van der Waals surface area contributed by atoms with Gasteiger partial charge in [-0.1, -0.05) is 4.98 Å². The lowest BCUT2D eigenvalue weighted by molar-refractivity contribution is -0.394. The second-order valence-corrected chi connectivity index (χ2v) is 3.29. The molecule has 2 aromatic rings. The van der Waals surface area contributed by atoms with Gasteiger partial charge in [0.25, 0.3) is 0 Å². The molecule has 0 atom stereocenters. The molecule has 0 aliphatic carbocycles. The number of benzene rings is 1. The number of hydrogen-bond acceptors (Lipinski definition) is 4. The molecule has 0 saturated heterocycles. The van der Waals surface area contributed by atoms with E-state index in [1.54, 1.807) is 0 Å². The predicted octanol–water partition coefficient (Wildman–Crippen LogP) is 2.19. The van der Waals surface area contributed by atoms with Crippen molar-refractivity contribution in [1.29, 1.82) is 0 Å². The maximum absolute atomic E-state index is 12.3. The van der Waals surface area contributed by atoms with Gasteiger partial charge in [0.15, 0.2) is 0 Å².